The van der Waals surface area contributed by atoms with Crippen molar-refractivity contribution in [1.29, 1.82) is 0 Å². The Kier molecular flexibility index (Phi) is 8.38. The number of alkyl halides is 3. The molecule has 0 unspecified atom stereocenters. The smallest absolute Gasteiger partial charge is 0.416 e. The maximum atomic E-state index is 13.1. The van der Waals surface area contributed by atoms with Crippen LogP contribution in [0.1, 0.15) is 16.7 Å². The van der Waals surface area contributed by atoms with Crippen LogP contribution in [0.2, 0.25) is 10.0 Å². The fourth-order valence-electron chi connectivity index (χ4n) is 2.80. The molecule has 0 saturated heterocycles. The van der Waals surface area contributed by atoms with Crippen molar-refractivity contribution >= 4 is 56.7 Å². The zero-order valence-electron chi connectivity index (χ0n) is 17.5. The standard InChI is InChI=1S/C21H11BrCl2F3N3O6/c22-14-2-4-19(12(5-14)9-28-35-10-11-1-3-15(23)8-16(11)24)36-20-17(29(31)32)6-13(21(25,26)27)7-18(20)30(33)34/h1-9H,10H2/b28-9-. The van der Waals surface area contributed by atoms with Gasteiger partial charge in [0.1, 0.15) is 12.4 Å². The highest BCUT2D eigenvalue weighted by Gasteiger charge is 2.38. The molecule has 0 aromatic heterocycles. The number of nitro groups is 2. The minimum atomic E-state index is -5.06. The van der Waals surface area contributed by atoms with Gasteiger partial charge in [0, 0.05) is 37.8 Å². The maximum absolute atomic E-state index is 13.1. The zero-order valence-corrected chi connectivity index (χ0v) is 20.6. The van der Waals surface area contributed by atoms with E-state index in [1.54, 1.807) is 12.1 Å². The number of rotatable bonds is 8. The number of halogens is 6. The van der Waals surface area contributed by atoms with Gasteiger partial charge in [-0.3, -0.25) is 20.2 Å². The van der Waals surface area contributed by atoms with Crippen LogP contribution in [0.3, 0.4) is 0 Å². The van der Waals surface area contributed by atoms with Gasteiger partial charge < -0.3 is 9.57 Å². The minimum Gasteiger partial charge on any atom is -0.443 e. The second-order valence-corrected chi connectivity index (χ2v) is 8.64. The molecule has 0 amide bonds. The van der Waals surface area contributed by atoms with E-state index in [2.05, 4.69) is 21.1 Å². The van der Waals surface area contributed by atoms with Crippen molar-refractivity contribution in [3.8, 4) is 11.5 Å². The van der Waals surface area contributed by atoms with Crippen LogP contribution >= 0.6 is 39.1 Å². The molecule has 188 valence electrons. The lowest BCUT2D eigenvalue weighted by Gasteiger charge is -2.12. The molecule has 3 aromatic rings. The SMILES string of the molecule is O=[N+]([O-])c1cc(C(F)(F)F)cc([N+](=O)[O-])c1Oc1ccc(Br)cc1/C=N\OCc1ccc(Cl)cc1Cl. The van der Waals surface area contributed by atoms with Gasteiger partial charge in [-0.1, -0.05) is 50.4 Å². The molecule has 0 N–H and O–H groups in total. The van der Waals surface area contributed by atoms with Crippen molar-refractivity contribution in [2.75, 3.05) is 0 Å². The summed E-state index contributed by atoms with van der Waals surface area (Å²) >= 11 is 15.1. The lowest BCUT2D eigenvalue weighted by molar-refractivity contribution is -0.396. The van der Waals surface area contributed by atoms with Gasteiger partial charge in [0.2, 0.25) is 0 Å². The third-order valence-corrected chi connectivity index (χ3v) is 5.54. The van der Waals surface area contributed by atoms with Crippen molar-refractivity contribution in [1.82, 2.24) is 0 Å². The summed E-state index contributed by atoms with van der Waals surface area (Å²) in [4.78, 5) is 25.7. The number of benzene rings is 3. The number of hydrogen-bond acceptors (Lipinski definition) is 7. The average molecular weight is 609 g/mol. The van der Waals surface area contributed by atoms with Gasteiger partial charge in [-0.25, -0.2) is 0 Å². The number of hydrogen-bond donors (Lipinski definition) is 0. The molecule has 0 radical (unpaired) electrons. The third kappa shape index (κ3) is 6.62. The molecule has 0 aliphatic rings. The summed E-state index contributed by atoms with van der Waals surface area (Å²) in [5, 5.41) is 27.5. The Morgan fingerprint density at radius 3 is 2.19 bits per heavy atom. The van der Waals surface area contributed by atoms with Crippen molar-refractivity contribution in [3.05, 3.63) is 100.0 Å². The van der Waals surface area contributed by atoms with E-state index < -0.39 is 38.7 Å². The summed E-state index contributed by atoms with van der Waals surface area (Å²) in [6, 6.07) is 9.22. The first-order valence-corrected chi connectivity index (χ1v) is 11.0. The Morgan fingerprint density at radius 2 is 1.64 bits per heavy atom. The Hall–Kier alpha value is -3.42. The maximum Gasteiger partial charge on any atom is 0.416 e. The molecule has 0 spiro atoms. The highest BCUT2D eigenvalue weighted by Crippen LogP contribution is 2.45. The molecule has 0 fully saturated rings. The first-order chi connectivity index (χ1) is 16.9. The quantitative estimate of drug-likeness (QED) is 0.146. The Bertz CT molecular complexity index is 1340. The summed E-state index contributed by atoms with van der Waals surface area (Å²) in [5.74, 6) is -1.16. The largest absolute Gasteiger partial charge is 0.443 e. The number of nitrogens with zero attached hydrogens (tertiary/aromatic N) is 3. The van der Waals surface area contributed by atoms with Crippen LogP contribution in [0, 0.1) is 20.2 Å². The van der Waals surface area contributed by atoms with Gasteiger partial charge in [-0.15, -0.1) is 0 Å². The van der Waals surface area contributed by atoms with Gasteiger partial charge in [-0.05, 0) is 30.3 Å². The van der Waals surface area contributed by atoms with Gasteiger partial charge >= 0.3 is 17.6 Å². The summed E-state index contributed by atoms with van der Waals surface area (Å²) in [7, 11) is 0. The lowest BCUT2D eigenvalue weighted by atomic mass is 10.1. The molecule has 0 aliphatic heterocycles. The molecule has 3 rings (SSSR count). The van der Waals surface area contributed by atoms with E-state index >= 15 is 0 Å². The fourth-order valence-corrected chi connectivity index (χ4v) is 3.64. The average Bonchev–Trinajstić information content (AvgIpc) is 2.78. The third-order valence-electron chi connectivity index (χ3n) is 4.46. The monoisotopic (exact) mass is 607 g/mol. The van der Waals surface area contributed by atoms with Crippen LogP contribution < -0.4 is 4.74 Å². The van der Waals surface area contributed by atoms with Gasteiger partial charge in [0.15, 0.2) is 0 Å². The Labute approximate surface area is 218 Å². The Balaban J connectivity index is 1.96. The molecule has 0 heterocycles. The minimum absolute atomic E-state index is 0.0491. The molecule has 0 bridgehead atoms. The molecule has 0 aliphatic carbocycles. The van der Waals surface area contributed by atoms with Gasteiger partial charge in [-0.2, -0.15) is 13.2 Å². The van der Waals surface area contributed by atoms with Crippen LogP contribution in [-0.2, 0) is 17.6 Å². The fraction of sp³-hybridized carbons (Fsp3) is 0.0952. The molecule has 9 nitrogen and oxygen atoms in total. The molecule has 0 atom stereocenters. The van der Waals surface area contributed by atoms with Gasteiger partial charge in [0.25, 0.3) is 5.75 Å². The van der Waals surface area contributed by atoms with Crippen molar-refractivity contribution < 1.29 is 32.6 Å². The summed E-state index contributed by atoms with van der Waals surface area (Å²) < 4.78 is 45.4. The van der Waals surface area contributed by atoms with Crippen molar-refractivity contribution in [2.24, 2.45) is 5.16 Å². The predicted octanol–water partition coefficient (Wildman–Crippen LogP) is 7.93. The summed E-state index contributed by atoms with van der Waals surface area (Å²) in [6.45, 7) is -0.0491. The van der Waals surface area contributed by atoms with E-state index in [9.17, 15) is 33.4 Å². The predicted molar refractivity (Wildman–Crippen MR) is 128 cm³/mol. The summed E-state index contributed by atoms with van der Waals surface area (Å²) in [5.41, 5.74) is -3.35. The highest BCUT2D eigenvalue weighted by molar-refractivity contribution is 9.10. The first-order valence-electron chi connectivity index (χ1n) is 9.47. The zero-order chi connectivity index (χ0) is 26.6. The van der Waals surface area contributed by atoms with Crippen LogP contribution in [0.25, 0.3) is 0 Å². The molecule has 3 aromatic carbocycles. The Morgan fingerprint density at radius 1 is 1.00 bits per heavy atom. The number of nitro benzene ring substituents is 2. The molecule has 36 heavy (non-hydrogen) atoms. The van der Waals surface area contributed by atoms with E-state index in [1.165, 1.54) is 24.3 Å². The molecule has 0 saturated carbocycles. The van der Waals surface area contributed by atoms with Crippen molar-refractivity contribution in [2.45, 2.75) is 12.8 Å². The summed E-state index contributed by atoms with van der Waals surface area (Å²) in [6.07, 6.45) is -3.92. The van der Waals surface area contributed by atoms with Gasteiger partial charge in [0.05, 0.1) is 21.6 Å². The van der Waals surface area contributed by atoms with Crippen LogP contribution in [0.15, 0.2) is 58.2 Å². The van der Waals surface area contributed by atoms with E-state index in [1.807, 2.05) is 0 Å². The molecular weight excluding hydrogens is 598 g/mol. The van der Waals surface area contributed by atoms with E-state index in [0.717, 1.165) is 6.21 Å². The second-order valence-electron chi connectivity index (χ2n) is 6.88. The normalized spacial score (nSPS) is 11.5. The number of ether oxygens (including phenoxy) is 1. The van der Waals surface area contributed by atoms with Crippen LogP contribution in [0.5, 0.6) is 11.5 Å². The van der Waals surface area contributed by atoms with E-state index in [0.29, 0.717) is 20.1 Å². The van der Waals surface area contributed by atoms with E-state index in [-0.39, 0.29) is 30.1 Å². The number of oxime groups is 1. The van der Waals surface area contributed by atoms with Crippen LogP contribution in [0.4, 0.5) is 24.5 Å². The van der Waals surface area contributed by atoms with E-state index in [4.69, 9.17) is 32.8 Å². The molecular formula is C21H11BrCl2F3N3O6. The molecule has 15 heteroatoms. The van der Waals surface area contributed by atoms with Crippen molar-refractivity contribution in [3.63, 3.8) is 0 Å². The second kappa shape index (κ2) is 11.1. The van der Waals surface area contributed by atoms with Crippen LogP contribution in [-0.4, -0.2) is 16.1 Å². The lowest BCUT2D eigenvalue weighted by Crippen LogP contribution is -2.08. The highest BCUT2D eigenvalue weighted by atomic mass is 79.9. The first kappa shape index (κ1) is 27.2. The topological polar surface area (TPSA) is 117 Å².